The van der Waals surface area contributed by atoms with Crippen LogP contribution in [0.15, 0.2) is 12.1 Å². The highest BCUT2D eigenvalue weighted by Crippen LogP contribution is 2.55. The van der Waals surface area contributed by atoms with Crippen molar-refractivity contribution in [2.45, 2.75) is 30.4 Å². The van der Waals surface area contributed by atoms with Gasteiger partial charge in [0.1, 0.15) is 4.88 Å². The molecular weight excluding hydrogens is 261 g/mol. The molecule has 2 N–H and O–H groups in total. The normalized spacial score (nSPS) is 22.2. The average molecular weight is 271 g/mol. The summed E-state index contributed by atoms with van der Waals surface area (Å²) in [5, 5.41) is 0. The van der Waals surface area contributed by atoms with Crippen LogP contribution < -0.4 is 5.73 Å². The molecule has 0 unspecified atom stereocenters. The van der Waals surface area contributed by atoms with Crippen molar-refractivity contribution >= 4 is 11.3 Å². The summed E-state index contributed by atoms with van der Waals surface area (Å²) < 4.78 is 62.9. The van der Waals surface area contributed by atoms with Gasteiger partial charge in [-0.25, -0.2) is 8.78 Å². The summed E-state index contributed by atoms with van der Waals surface area (Å²) in [4.78, 5) is -0.464. The van der Waals surface area contributed by atoms with Crippen LogP contribution in [-0.4, -0.2) is 12.5 Å². The number of thiophene rings is 1. The smallest absolute Gasteiger partial charge is 0.330 e. The maximum Gasteiger partial charge on any atom is 0.425 e. The van der Waals surface area contributed by atoms with Gasteiger partial charge < -0.3 is 5.73 Å². The summed E-state index contributed by atoms with van der Waals surface area (Å²) in [6.45, 7) is -0.0552. The lowest BCUT2D eigenvalue weighted by Crippen LogP contribution is -2.53. The fourth-order valence-corrected chi connectivity index (χ4v) is 3.20. The number of nitrogens with two attached hydrogens (primary N) is 1. The van der Waals surface area contributed by atoms with Gasteiger partial charge in [0.2, 0.25) is 5.92 Å². The van der Waals surface area contributed by atoms with Gasteiger partial charge >= 0.3 is 6.18 Å². The molecule has 1 fully saturated rings. The van der Waals surface area contributed by atoms with Crippen LogP contribution >= 0.6 is 11.3 Å². The third-order valence-electron chi connectivity index (χ3n) is 2.99. The van der Waals surface area contributed by atoms with Crippen molar-refractivity contribution in [1.29, 1.82) is 0 Å². The zero-order chi connectivity index (χ0) is 12.9. The predicted molar refractivity (Wildman–Crippen MR) is 54.2 cm³/mol. The van der Waals surface area contributed by atoms with E-state index in [1.54, 1.807) is 0 Å². The van der Waals surface area contributed by atoms with E-state index in [0.717, 1.165) is 6.07 Å². The Morgan fingerprint density at radius 3 is 2.18 bits per heavy atom. The molecule has 1 aliphatic carbocycles. The van der Waals surface area contributed by atoms with Crippen molar-refractivity contribution in [2.75, 3.05) is 6.54 Å². The van der Waals surface area contributed by atoms with Crippen LogP contribution in [0.3, 0.4) is 0 Å². The van der Waals surface area contributed by atoms with Crippen LogP contribution in [0.1, 0.15) is 22.6 Å². The lowest BCUT2D eigenvalue weighted by molar-refractivity contribution is -0.134. The third-order valence-corrected chi connectivity index (χ3v) is 4.37. The van der Waals surface area contributed by atoms with Crippen LogP contribution in [-0.2, 0) is 11.6 Å². The molecule has 0 atom stereocenters. The minimum atomic E-state index is -4.43. The quantitative estimate of drug-likeness (QED) is 0.820. The summed E-state index contributed by atoms with van der Waals surface area (Å²) >= 11 is 0.510. The second-order valence-electron chi connectivity index (χ2n) is 4.36. The zero-order valence-corrected chi connectivity index (χ0v) is 9.47. The molecule has 1 saturated carbocycles. The number of hydrogen-bond acceptors (Lipinski definition) is 2. The molecule has 1 nitrogen and oxygen atoms in total. The van der Waals surface area contributed by atoms with Crippen molar-refractivity contribution in [3.05, 3.63) is 21.9 Å². The van der Waals surface area contributed by atoms with E-state index < -0.39 is 35.2 Å². The number of alkyl halides is 5. The van der Waals surface area contributed by atoms with Gasteiger partial charge in [-0.05, 0) is 12.1 Å². The van der Waals surface area contributed by atoms with Gasteiger partial charge in [0.25, 0.3) is 0 Å². The number of halogens is 5. The van der Waals surface area contributed by atoms with Crippen molar-refractivity contribution in [2.24, 2.45) is 5.73 Å². The Kier molecular flexibility index (Phi) is 2.74. The molecule has 0 aromatic carbocycles. The van der Waals surface area contributed by atoms with Gasteiger partial charge in [-0.1, -0.05) is 0 Å². The molecule has 7 heteroatoms. The first-order valence-electron chi connectivity index (χ1n) is 4.94. The van der Waals surface area contributed by atoms with E-state index in [1.807, 2.05) is 0 Å². The first kappa shape index (κ1) is 12.8. The third kappa shape index (κ3) is 2.18. The molecular formula is C10H10F5NS. The Morgan fingerprint density at radius 1 is 1.24 bits per heavy atom. The molecule has 0 amide bonds. The van der Waals surface area contributed by atoms with Crippen LogP contribution in [0.2, 0.25) is 0 Å². The molecule has 0 bridgehead atoms. The Balaban J connectivity index is 2.26. The molecule has 2 rings (SSSR count). The Hall–Kier alpha value is -0.690. The van der Waals surface area contributed by atoms with E-state index in [1.165, 1.54) is 6.07 Å². The highest BCUT2D eigenvalue weighted by atomic mass is 32.1. The number of hydrogen-bond donors (Lipinski definition) is 1. The molecule has 1 aliphatic rings. The molecule has 0 spiro atoms. The van der Waals surface area contributed by atoms with Gasteiger partial charge in [-0.3, -0.25) is 0 Å². The van der Waals surface area contributed by atoms with Crippen molar-refractivity contribution in [3.8, 4) is 0 Å². The highest BCUT2D eigenvalue weighted by Gasteiger charge is 2.57. The summed E-state index contributed by atoms with van der Waals surface area (Å²) in [5.74, 6) is -2.80. The average Bonchev–Trinajstić information content (AvgIpc) is 2.61. The van der Waals surface area contributed by atoms with E-state index in [2.05, 4.69) is 0 Å². The van der Waals surface area contributed by atoms with E-state index in [-0.39, 0.29) is 6.54 Å². The maximum atomic E-state index is 12.9. The predicted octanol–water partition coefficient (Wildman–Crippen LogP) is 3.39. The van der Waals surface area contributed by atoms with Gasteiger partial charge in [0, 0.05) is 29.7 Å². The molecule has 17 heavy (non-hydrogen) atoms. The molecule has 96 valence electrons. The first-order valence-corrected chi connectivity index (χ1v) is 5.76. The largest absolute Gasteiger partial charge is 0.425 e. The van der Waals surface area contributed by atoms with Crippen LogP contribution in [0.5, 0.6) is 0 Å². The minimum absolute atomic E-state index is 0.0552. The lowest BCUT2D eigenvalue weighted by Gasteiger charge is -2.46. The Bertz CT molecular complexity index is 415. The van der Waals surface area contributed by atoms with E-state index >= 15 is 0 Å². The fourth-order valence-electron chi connectivity index (χ4n) is 2.13. The highest BCUT2D eigenvalue weighted by molar-refractivity contribution is 7.12. The van der Waals surface area contributed by atoms with Gasteiger partial charge in [-0.2, -0.15) is 13.2 Å². The molecule has 0 saturated heterocycles. The second kappa shape index (κ2) is 3.65. The molecule has 1 heterocycles. The standard InChI is InChI=1S/C10H10F5NS/c11-9(12)3-8(4-9,5-16)6-1-2-7(17-6)10(13,14)15/h1-2H,3-5,16H2. The molecule has 1 aromatic heterocycles. The topological polar surface area (TPSA) is 26.0 Å². The monoisotopic (exact) mass is 271 g/mol. The van der Waals surface area contributed by atoms with Gasteiger partial charge in [0.15, 0.2) is 0 Å². The summed E-state index contributed by atoms with van der Waals surface area (Å²) in [6.07, 6.45) is -5.35. The van der Waals surface area contributed by atoms with Crippen molar-refractivity contribution < 1.29 is 22.0 Å². The second-order valence-corrected chi connectivity index (χ2v) is 5.44. The Morgan fingerprint density at radius 2 is 1.82 bits per heavy atom. The lowest BCUT2D eigenvalue weighted by atomic mass is 9.65. The Labute approximate surface area is 98.4 Å². The van der Waals surface area contributed by atoms with Crippen LogP contribution in [0.4, 0.5) is 22.0 Å². The first-order chi connectivity index (χ1) is 7.69. The van der Waals surface area contributed by atoms with Crippen molar-refractivity contribution in [1.82, 2.24) is 0 Å². The van der Waals surface area contributed by atoms with Crippen molar-refractivity contribution in [3.63, 3.8) is 0 Å². The van der Waals surface area contributed by atoms with Crippen LogP contribution in [0, 0.1) is 0 Å². The van der Waals surface area contributed by atoms with Gasteiger partial charge in [0.05, 0.1) is 0 Å². The minimum Gasteiger partial charge on any atom is -0.330 e. The van der Waals surface area contributed by atoms with Gasteiger partial charge in [-0.15, -0.1) is 11.3 Å². The summed E-state index contributed by atoms with van der Waals surface area (Å²) in [5.41, 5.74) is 4.46. The fraction of sp³-hybridized carbons (Fsp3) is 0.600. The maximum absolute atomic E-state index is 12.9. The molecule has 1 aromatic rings. The SMILES string of the molecule is NCC1(c2ccc(C(F)(F)F)s2)CC(F)(F)C1. The summed E-state index contributed by atoms with van der Waals surface area (Å²) in [7, 11) is 0. The van der Waals surface area contributed by atoms with E-state index in [9.17, 15) is 22.0 Å². The zero-order valence-electron chi connectivity index (χ0n) is 8.65. The summed E-state index contributed by atoms with van der Waals surface area (Å²) in [6, 6.07) is 2.18. The van der Waals surface area contributed by atoms with E-state index in [4.69, 9.17) is 5.73 Å². The molecule has 0 aliphatic heterocycles. The number of rotatable bonds is 2. The molecule has 0 radical (unpaired) electrons. The van der Waals surface area contributed by atoms with E-state index in [0.29, 0.717) is 16.2 Å². The van der Waals surface area contributed by atoms with Crippen LogP contribution in [0.25, 0.3) is 0 Å².